The molecular weight excluding hydrogens is 212 g/mol. The molecule has 1 saturated heterocycles. The predicted molar refractivity (Wildman–Crippen MR) is 68.5 cm³/mol. The zero-order valence-corrected chi connectivity index (χ0v) is 10.8. The lowest BCUT2D eigenvalue weighted by Gasteiger charge is -2.42. The summed E-state index contributed by atoms with van der Waals surface area (Å²) in [4.78, 5) is 2.67. The van der Waals surface area contributed by atoms with Crippen molar-refractivity contribution in [1.29, 1.82) is 0 Å². The number of oxime groups is 1. The molecular formula is C14H24N2O. The molecule has 4 atom stereocenters. The van der Waals surface area contributed by atoms with E-state index in [1.54, 1.807) is 0 Å². The number of likely N-dealkylation sites (tertiary alicyclic amines) is 1. The summed E-state index contributed by atoms with van der Waals surface area (Å²) in [7, 11) is 0. The molecule has 0 spiro atoms. The van der Waals surface area contributed by atoms with Gasteiger partial charge in [0.1, 0.15) is 0 Å². The molecule has 0 aromatic carbocycles. The third kappa shape index (κ3) is 1.79. The largest absolute Gasteiger partial charge is 0.411 e. The monoisotopic (exact) mass is 236 g/mol. The van der Waals surface area contributed by atoms with Crippen LogP contribution in [0.5, 0.6) is 0 Å². The van der Waals surface area contributed by atoms with Gasteiger partial charge in [-0.05, 0) is 51.0 Å². The van der Waals surface area contributed by atoms with Crippen LogP contribution >= 0.6 is 0 Å². The van der Waals surface area contributed by atoms with Gasteiger partial charge >= 0.3 is 0 Å². The van der Waals surface area contributed by atoms with E-state index in [4.69, 9.17) is 0 Å². The Bertz CT molecular complexity index is 315. The van der Waals surface area contributed by atoms with Crippen molar-refractivity contribution >= 4 is 5.71 Å². The molecule has 2 aliphatic carbocycles. The lowest BCUT2D eigenvalue weighted by atomic mass is 9.88. The maximum absolute atomic E-state index is 9.31. The van der Waals surface area contributed by atoms with E-state index in [2.05, 4.69) is 17.0 Å². The van der Waals surface area contributed by atoms with Gasteiger partial charge in [-0.1, -0.05) is 18.5 Å². The average Bonchev–Trinajstić information content (AvgIpc) is 2.98. The van der Waals surface area contributed by atoms with Crippen molar-refractivity contribution in [2.24, 2.45) is 17.0 Å². The molecule has 3 aliphatic rings. The van der Waals surface area contributed by atoms with Crippen LogP contribution in [0.15, 0.2) is 5.16 Å². The highest BCUT2D eigenvalue weighted by Gasteiger charge is 2.49. The van der Waals surface area contributed by atoms with Crippen LogP contribution in [0.1, 0.15) is 51.9 Å². The van der Waals surface area contributed by atoms with Gasteiger partial charge < -0.3 is 5.21 Å². The second kappa shape index (κ2) is 4.60. The van der Waals surface area contributed by atoms with Crippen LogP contribution in [0.3, 0.4) is 0 Å². The smallest absolute Gasteiger partial charge is 0.0775 e. The molecule has 3 heteroatoms. The molecule has 0 amide bonds. The van der Waals surface area contributed by atoms with Gasteiger partial charge in [0.25, 0.3) is 0 Å². The van der Waals surface area contributed by atoms with Gasteiger partial charge in [-0.15, -0.1) is 0 Å². The number of rotatable bonds is 2. The minimum absolute atomic E-state index is 0.476. The highest BCUT2D eigenvalue weighted by atomic mass is 16.4. The predicted octanol–water partition coefficient (Wildman–Crippen LogP) is 2.88. The fourth-order valence-corrected chi connectivity index (χ4v) is 4.46. The Kier molecular flexibility index (Phi) is 3.12. The normalized spacial score (nSPS) is 44.6. The third-order valence-electron chi connectivity index (χ3n) is 5.26. The van der Waals surface area contributed by atoms with E-state index >= 15 is 0 Å². The molecule has 1 aliphatic heterocycles. The van der Waals surface area contributed by atoms with Crippen LogP contribution in [0.25, 0.3) is 0 Å². The maximum Gasteiger partial charge on any atom is 0.0775 e. The lowest BCUT2D eigenvalue weighted by Crippen LogP contribution is -2.52. The molecule has 3 rings (SSSR count). The van der Waals surface area contributed by atoms with Gasteiger partial charge in [0, 0.05) is 12.0 Å². The molecule has 3 nitrogen and oxygen atoms in total. The van der Waals surface area contributed by atoms with Crippen LogP contribution in [-0.4, -0.2) is 34.4 Å². The van der Waals surface area contributed by atoms with Gasteiger partial charge in [-0.2, -0.15) is 0 Å². The van der Waals surface area contributed by atoms with E-state index in [9.17, 15) is 5.21 Å². The first-order chi connectivity index (χ1) is 8.35. The second-order valence-electron chi connectivity index (χ2n) is 6.04. The van der Waals surface area contributed by atoms with E-state index in [1.807, 2.05) is 0 Å². The van der Waals surface area contributed by atoms with Crippen molar-refractivity contribution in [3.05, 3.63) is 0 Å². The fraction of sp³-hybridized carbons (Fsp3) is 0.929. The van der Waals surface area contributed by atoms with Gasteiger partial charge in [-0.25, -0.2) is 0 Å². The first-order valence-corrected chi connectivity index (χ1v) is 7.32. The van der Waals surface area contributed by atoms with Gasteiger partial charge in [-0.3, -0.25) is 4.90 Å². The lowest BCUT2D eigenvalue weighted by molar-refractivity contribution is 0.0954. The first-order valence-electron chi connectivity index (χ1n) is 7.32. The molecule has 0 radical (unpaired) electrons. The van der Waals surface area contributed by atoms with Gasteiger partial charge in [0.15, 0.2) is 0 Å². The zero-order valence-electron chi connectivity index (χ0n) is 10.8. The molecule has 2 bridgehead atoms. The molecule has 0 unspecified atom stereocenters. The van der Waals surface area contributed by atoms with Crippen LogP contribution in [0, 0.1) is 11.8 Å². The molecule has 3 fully saturated rings. The van der Waals surface area contributed by atoms with E-state index in [0.29, 0.717) is 12.0 Å². The number of nitrogens with zero attached hydrogens (tertiary/aromatic N) is 2. The van der Waals surface area contributed by atoms with Crippen LogP contribution in [0.2, 0.25) is 0 Å². The first kappa shape index (κ1) is 11.5. The quantitative estimate of drug-likeness (QED) is 0.591. The SMILES string of the molecule is CC[C@@H]1CCCCN1[C@H]1/C(=N\O)[C@H]2CC[C@@H]1C2. The van der Waals surface area contributed by atoms with Crippen LogP contribution < -0.4 is 0 Å². The molecule has 1 heterocycles. The number of hydrogen-bond acceptors (Lipinski definition) is 3. The number of hydrogen-bond donors (Lipinski definition) is 1. The van der Waals surface area contributed by atoms with Gasteiger partial charge in [0.2, 0.25) is 0 Å². The molecule has 0 aromatic heterocycles. The van der Waals surface area contributed by atoms with E-state index < -0.39 is 0 Å². The summed E-state index contributed by atoms with van der Waals surface area (Å²) >= 11 is 0. The third-order valence-corrected chi connectivity index (χ3v) is 5.26. The van der Waals surface area contributed by atoms with E-state index in [0.717, 1.165) is 17.7 Å². The summed E-state index contributed by atoms with van der Waals surface area (Å²) in [6.07, 6.45) is 9.16. The summed E-state index contributed by atoms with van der Waals surface area (Å²) in [6, 6.07) is 1.20. The zero-order chi connectivity index (χ0) is 11.8. The Morgan fingerprint density at radius 3 is 2.94 bits per heavy atom. The van der Waals surface area contributed by atoms with Crippen molar-refractivity contribution in [2.75, 3.05) is 6.54 Å². The summed E-state index contributed by atoms with van der Waals surface area (Å²) in [5.41, 5.74) is 1.11. The molecule has 1 N–H and O–H groups in total. The molecule has 2 saturated carbocycles. The molecule has 96 valence electrons. The van der Waals surface area contributed by atoms with Crippen molar-refractivity contribution in [3.8, 4) is 0 Å². The summed E-state index contributed by atoms with van der Waals surface area (Å²) in [5.74, 6) is 1.37. The Morgan fingerprint density at radius 2 is 2.18 bits per heavy atom. The number of fused-ring (bicyclic) bond motifs is 2. The summed E-state index contributed by atoms with van der Waals surface area (Å²) < 4.78 is 0. The van der Waals surface area contributed by atoms with Crippen molar-refractivity contribution in [1.82, 2.24) is 4.90 Å². The molecule has 0 aromatic rings. The average molecular weight is 236 g/mol. The van der Waals surface area contributed by atoms with E-state index in [1.165, 1.54) is 51.5 Å². The molecule has 17 heavy (non-hydrogen) atoms. The van der Waals surface area contributed by atoms with Crippen LogP contribution in [0.4, 0.5) is 0 Å². The number of piperidine rings is 1. The topological polar surface area (TPSA) is 35.8 Å². The highest BCUT2D eigenvalue weighted by molar-refractivity contribution is 5.94. The second-order valence-corrected chi connectivity index (χ2v) is 6.04. The fourth-order valence-electron chi connectivity index (χ4n) is 4.46. The Hall–Kier alpha value is -0.570. The van der Waals surface area contributed by atoms with Crippen LogP contribution in [-0.2, 0) is 0 Å². The summed E-state index contributed by atoms with van der Waals surface area (Å²) in [5, 5.41) is 13.0. The standard InChI is InChI=1S/C14H24N2O/c1-2-12-5-3-4-8-16(12)14-11-7-6-10(9-11)13(14)15-17/h10-12,14,17H,2-9H2,1H3/b15-13-/t10-,11+,12+,14+/m0/s1. The summed E-state index contributed by atoms with van der Waals surface area (Å²) in [6.45, 7) is 3.51. The van der Waals surface area contributed by atoms with Crippen molar-refractivity contribution in [3.63, 3.8) is 0 Å². The van der Waals surface area contributed by atoms with Gasteiger partial charge in [0.05, 0.1) is 11.8 Å². The Morgan fingerprint density at radius 1 is 1.29 bits per heavy atom. The van der Waals surface area contributed by atoms with Crippen molar-refractivity contribution in [2.45, 2.75) is 64.0 Å². The van der Waals surface area contributed by atoms with Crippen molar-refractivity contribution < 1.29 is 5.21 Å². The van der Waals surface area contributed by atoms with E-state index in [-0.39, 0.29) is 0 Å². The Balaban J connectivity index is 1.82. The maximum atomic E-state index is 9.31. The Labute approximate surface area is 104 Å². The minimum atomic E-state index is 0.476. The minimum Gasteiger partial charge on any atom is -0.411 e. The highest BCUT2D eigenvalue weighted by Crippen LogP contribution is 2.46.